The predicted molar refractivity (Wildman–Crippen MR) is 120 cm³/mol. The summed E-state index contributed by atoms with van der Waals surface area (Å²) in [5.41, 5.74) is 5.80. The summed E-state index contributed by atoms with van der Waals surface area (Å²) >= 11 is 6.21. The number of furan rings is 1. The van der Waals surface area contributed by atoms with Gasteiger partial charge in [0.15, 0.2) is 5.76 Å². The van der Waals surface area contributed by atoms with E-state index in [-0.39, 0.29) is 11.7 Å². The van der Waals surface area contributed by atoms with Gasteiger partial charge in [0, 0.05) is 5.71 Å². The van der Waals surface area contributed by atoms with E-state index in [1.54, 1.807) is 16.8 Å². The molecule has 4 aliphatic rings. The quantitative estimate of drug-likeness (QED) is 0.473. The van der Waals surface area contributed by atoms with Crippen molar-refractivity contribution in [3.63, 3.8) is 0 Å². The van der Waals surface area contributed by atoms with Gasteiger partial charge in [-0.1, -0.05) is 11.6 Å². The number of hydrazone groups is 1. The molecule has 4 bridgehead atoms. The molecule has 6 rings (SSSR count). The second-order valence-electron chi connectivity index (χ2n) is 10.3. The number of hydrogen-bond acceptors (Lipinski definition) is 4. The standard InChI is InChI=1S/C24H31ClN4O2/c1-14(9-24-10-17-6-18(11-24)8-19(7-17)12-24)26-27-23(30)21-5-4-20(31-21)13-29-16(3)22(25)15(2)28-29/h4-5,17-19H,6-13H2,1-3H3,(H,27,30)/b26-14-. The summed E-state index contributed by atoms with van der Waals surface area (Å²) in [6.07, 6.45) is 9.36. The third-order valence-electron chi connectivity index (χ3n) is 7.63. The van der Waals surface area contributed by atoms with E-state index in [0.29, 0.717) is 22.7 Å². The zero-order valence-electron chi connectivity index (χ0n) is 18.6. The molecule has 166 valence electrons. The van der Waals surface area contributed by atoms with Crippen molar-refractivity contribution < 1.29 is 9.21 Å². The average molecular weight is 443 g/mol. The number of aromatic nitrogens is 2. The predicted octanol–water partition coefficient (Wildman–Crippen LogP) is 5.51. The molecule has 7 heteroatoms. The van der Waals surface area contributed by atoms with Crippen LogP contribution >= 0.6 is 11.6 Å². The van der Waals surface area contributed by atoms with Gasteiger partial charge in [0.2, 0.25) is 0 Å². The van der Waals surface area contributed by atoms with E-state index in [0.717, 1.165) is 41.3 Å². The number of amides is 1. The molecule has 0 saturated heterocycles. The van der Waals surface area contributed by atoms with E-state index in [2.05, 4.69) is 15.6 Å². The van der Waals surface area contributed by atoms with E-state index in [9.17, 15) is 4.79 Å². The molecule has 2 heterocycles. The molecule has 0 aliphatic heterocycles. The number of rotatable bonds is 6. The summed E-state index contributed by atoms with van der Waals surface area (Å²) in [6, 6.07) is 3.48. The molecule has 4 saturated carbocycles. The maximum absolute atomic E-state index is 12.5. The number of halogens is 1. The van der Waals surface area contributed by atoms with Gasteiger partial charge in [0.25, 0.3) is 0 Å². The maximum Gasteiger partial charge on any atom is 0.307 e. The van der Waals surface area contributed by atoms with Crippen LogP contribution in [0.15, 0.2) is 21.7 Å². The second-order valence-corrected chi connectivity index (χ2v) is 10.7. The topological polar surface area (TPSA) is 72.4 Å². The highest BCUT2D eigenvalue weighted by Gasteiger charge is 2.50. The minimum Gasteiger partial charge on any atom is -0.454 e. The van der Waals surface area contributed by atoms with Crippen LogP contribution in [0.1, 0.15) is 79.6 Å². The van der Waals surface area contributed by atoms with Crippen molar-refractivity contribution in [1.29, 1.82) is 0 Å². The average Bonchev–Trinajstić information content (AvgIpc) is 3.26. The number of nitrogens with one attached hydrogen (secondary N) is 1. The molecule has 31 heavy (non-hydrogen) atoms. The Balaban J connectivity index is 1.20. The molecule has 0 unspecified atom stereocenters. The molecule has 1 N–H and O–H groups in total. The number of hydrogen-bond donors (Lipinski definition) is 1. The van der Waals surface area contributed by atoms with Crippen LogP contribution in [-0.4, -0.2) is 21.4 Å². The first-order chi connectivity index (χ1) is 14.8. The van der Waals surface area contributed by atoms with Crippen LogP contribution < -0.4 is 5.43 Å². The van der Waals surface area contributed by atoms with Gasteiger partial charge >= 0.3 is 5.91 Å². The van der Waals surface area contributed by atoms with E-state index in [1.165, 1.54) is 38.5 Å². The Morgan fingerprint density at radius 2 is 1.87 bits per heavy atom. The fourth-order valence-corrected chi connectivity index (χ4v) is 6.99. The van der Waals surface area contributed by atoms with Crippen LogP contribution in [-0.2, 0) is 6.54 Å². The monoisotopic (exact) mass is 442 g/mol. The summed E-state index contributed by atoms with van der Waals surface area (Å²) in [5, 5.41) is 9.49. The third-order valence-corrected chi connectivity index (χ3v) is 8.18. The van der Waals surface area contributed by atoms with E-state index >= 15 is 0 Å². The summed E-state index contributed by atoms with van der Waals surface area (Å²) in [7, 11) is 0. The number of carbonyl (C=O) groups is 1. The Morgan fingerprint density at radius 3 is 2.45 bits per heavy atom. The molecule has 2 aromatic rings. The van der Waals surface area contributed by atoms with Gasteiger partial charge in [0.1, 0.15) is 5.76 Å². The first kappa shape index (κ1) is 20.8. The molecule has 0 aromatic carbocycles. The van der Waals surface area contributed by atoms with Crippen LogP contribution in [0.25, 0.3) is 0 Å². The van der Waals surface area contributed by atoms with E-state index in [1.807, 2.05) is 20.8 Å². The van der Waals surface area contributed by atoms with Gasteiger partial charge in [0.05, 0.1) is 23.0 Å². The maximum atomic E-state index is 12.5. The first-order valence-electron chi connectivity index (χ1n) is 11.4. The van der Waals surface area contributed by atoms with Crippen molar-refractivity contribution in [3.05, 3.63) is 40.1 Å². The highest BCUT2D eigenvalue weighted by atomic mass is 35.5. The number of nitrogens with zero attached hydrogens (tertiary/aromatic N) is 3. The zero-order valence-corrected chi connectivity index (χ0v) is 19.3. The Bertz CT molecular complexity index is 999. The summed E-state index contributed by atoms with van der Waals surface area (Å²) in [6.45, 7) is 6.26. The minimum absolute atomic E-state index is 0.258. The fraction of sp³-hybridized carbons (Fsp3) is 0.625. The van der Waals surface area contributed by atoms with Crippen molar-refractivity contribution >= 4 is 23.2 Å². The van der Waals surface area contributed by atoms with Crippen LogP contribution in [0.2, 0.25) is 5.02 Å². The van der Waals surface area contributed by atoms with Gasteiger partial charge in [-0.05, 0) is 101 Å². The number of aryl methyl sites for hydroxylation is 1. The lowest BCUT2D eigenvalue weighted by Crippen LogP contribution is -2.46. The van der Waals surface area contributed by atoms with Crippen molar-refractivity contribution in [3.8, 4) is 0 Å². The smallest absolute Gasteiger partial charge is 0.307 e. The molecule has 4 aliphatic carbocycles. The zero-order chi connectivity index (χ0) is 21.8. The normalized spacial score (nSPS) is 29.5. The lowest BCUT2D eigenvalue weighted by molar-refractivity contribution is -0.0482. The van der Waals surface area contributed by atoms with Crippen molar-refractivity contribution in [1.82, 2.24) is 15.2 Å². The lowest BCUT2D eigenvalue weighted by atomic mass is 9.48. The SMILES string of the molecule is C/C(CC12CC3CC(CC(C3)C1)C2)=N/NC(=O)c1ccc(Cn2nc(C)c(Cl)c2C)o1. The van der Waals surface area contributed by atoms with Crippen LogP contribution in [0, 0.1) is 37.0 Å². The molecule has 0 spiro atoms. The molecular weight excluding hydrogens is 412 g/mol. The molecule has 6 nitrogen and oxygen atoms in total. The van der Waals surface area contributed by atoms with Gasteiger partial charge in [-0.15, -0.1) is 0 Å². The number of carbonyl (C=O) groups excluding carboxylic acids is 1. The van der Waals surface area contributed by atoms with E-state index < -0.39 is 0 Å². The fourth-order valence-electron chi connectivity index (χ4n) is 6.85. The Hall–Kier alpha value is -2.08. The van der Waals surface area contributed by atoms with Crippen molar-refractivity contribution in [2.24, 2.45) is 28.3 Å². The molecule has 0 radical (unpaired) electrons. The van der Waals surface area contributed by atoms with E-state index in [4.69, 9.17) is 16.0 Å². The largest absolute Gasteiger partial charge is 0.454 e. The molecule has 0 atom stereocenters. The second kappa shape index (κ2) is 7.80. The van der Waals surface area contributed by atoms with Gasteiger partial charge < -0.3 is 4.42 Å². The lowest BCUT2D eigenvalue weighted by Gasteiger charge is -2.57. The Morgan fingerprint density at radius 1 is 1.23 bits per heavy atom. The van der Waals surface area contributed by atoms with Crippen molar-refractivity contribution in [2.75, 3.05) is 0 Å². The summed E-state index contributed by atoms with van der Waals surface area (Å²) in [5.74, 6) is 3.37. The van der Waals surface area contributed by atoms with Gasteiger partial charge in [-0.3, -0.25) is 9.48 Å². The molecule has 2 aromatic heterocycles. The van der Waals surface area contributed by atoms with Crippen LogP contribution in [0.3, 0.4) is 0 Å². The highest BCUT2D eigenvalue weighted by molar-refractivity contribution is 6.31. The van der Waals surface area contributed by atoms with Crippen molar-refractivity contribution in [2.45, 2.75) is 72.3 Å². The minimum atomic E-state index is -0.317. The van der Waals surface area contributed by atoms with Gasteiger partial charge in [-0.2, -0.15) is 10.2 Å². The Labute approximate surface area is 188 Å². The summed E-state index contributed by atoms with van der Waals surface area (Å²) in [4.78, 5) is 12.5. The summed E-state index contributed by atoms with van der Waals surface area (Å²) < 4.78 is 7.52. The molecule has 1 amide bonds. The highest BCUT2D eigenvalue weighted by Crippen LogP contribution is 2.61. The van der Waals surface area contributed by atoms with Crippen LogP contribution in [0.4, 0.5) is 0 Å². The van der Waals surface area contributed by atoms with Gasteiger partial charge in [-0.25, -0.2) is 5.43 Å². The van der Waals surface area contributed by atoms with Crippen LogP contribution in [0.5, 0.6) is 0 Å². The molecular formula is C24H31ClN4O2. The first-order valence-corrected chi connectivity index (χ1v) is 11.8. The molecule has 4 fully saturated rings. The Kier molecular flexibility index (Phi) is 5.24. The third kappa shape index (κ3) is 4.07.